The van der Waals surface area contributed by atoms with Crippen LogP contribution in [-0.2, 0) is 0 Å². The quantitative estimate of drug-likeness (QED) is 0.646. The van der Waals surface area contributed by atoms with Crippen molar-refractivity contribution in [2.24, 2.45) is 10.9 Å². The molecule has 11 heavy (non-hydrogen) atoms. The van der Waals surface area contributed by atoms with Gasteiger partial charge in [0.2, 0.25) is 0 Å². The fourth-order valence-electron chi connectivity index (χ4n) is 0.695. The monoisotopic (exact) mass is 151 g/mol. The van der Waals surface area contributed by atoms with E-state index in [-0.39, 0.29) is 0 Å². The SMILES string of the molecule is Cc1cc(N=CC(C)C)n[nH]1. The minimum Gasteiger partial charge on any atom is -0.281 e. The van der Waals surface area contributed by atoms with Crippen molar-refractivity contribution in [3.8, 4) is 0 Å². The van der Waals surface area contributed by atoms with Crippen molar-refractivity contribution in [2.75, 3.05) is 0 Å². The first-order valence-corrected chi connectivity index (χ1v) is 3.74. The summed E-state index contributed by atoms with van der Waals surface area (Å²) in [5.41, 5.74) is 1.04. The first-order chi connectivity index (χ1) is 5.18. The van der Waals surface area contributed by atoms with E-state index in [9.17, 15) is 0 Å². The van der Waals surface area contributed by atoms with Crippen molar-refractivity contribution < 1.29 is 0 Å². The van der Waals surface area contributed by atoms with Gasteiger partial charge in [0.25, 0.3) is 0 Å². The lowest BCUT2D eigenvalue weighted by atomic mass is 10.2. The Balaban J connectivity index is 2.64. The number of rotatable bonds is 2. The van der Waals surface area contributed by atoms with Crippen molar-refractivity contribution >= 4 is 12.0 Å². The molecule has 60 valence electrons. The smallest absolute Gasteiger partial charge is 0.173 e. The maximum absolute atomic E-state index is 4.16. The third-order valence-corrected chi connectivity index (χ3v) is 1.20. The Morgan fingerprint density at radius 2 is 2.36 bits per heavy atom. The van der Waals surface area contributed by atoms with Crippen LogP contribution < -0.4 is 0 Å². The number of H-pyrrole nitrogens is 1. The number of hydrogen-bond acceptors (Lipinski definition) is 2. The van der Waals surface area contributed by atoms with E-state index in [4.69, 9.17) is 0 Å². The van der Waals surface area contributed by atoms with Crippen LogP contribution in [0.25, 0.3) is 0 Å². The molecular weight excluding hydrogens is 138 g/mol. The van der Waals surface area contributed by atoms with Crippen LogP contribution in [0, 0.1) is 12.8 Å². The summed E-state index contributed by atoms with van der Waals surface area (Å²) in [5.74, 6) is 1.24. The summed E-state index contributed by atoms with van der Waals surface area (Å²) < 4.78 is 0. The Hall–Kier alpha value is -1.12. The molecule has 3 heteroatoms. The molecule has 0 aliphatic rings. The van der Waals surface area contributed by atoms with Crippen LogP contribution in [0.2, 0.25) is 0 Å². The van der Waals surface area contributed by atoms with Gasteiger partial charge in [-0.25, -0.2) is 4.99 Å². The highest BCUT2D eigenvalue weighted by atomic mass is 15.2. The molecule has 0 aliphatic carbocycles. The Morgan fingerprint density at radius 3 is 2.82 bits per heavy atom. The van der Waals surface area contributed by atoms with Gasteiger partial charge in [0.1, 0.15) is 0 Å². The Kier molecular flexibility index (Phi) is 2.41. The largest absolute Gasteiger partial charge is 0.281 e. The molecule has 0 aliphatic heterocycles. The normalized spacial score (nSPS) is 11.6. The molecule has 0 saturated carbocycles. The van der Waals surface area contributed by atoms with Crippen LogP contribution in [0.3, 0.4) is 0 Å². The van der Waals surface area contributed by atoms with Crippen LogP contribution in [0.1, 0.15) is 19.5 Å². The standard InChI is InChI=1S/C8H13N3/c1-6(2)5-9-8-4-7(3)10-11-8/h4-6H,1-3H3,(H,10,11). The third kappa shape index (κ3) is 2.53. The van der Waals surface area contributed by atoms with Gasteiger partial charge in [-0.1, -0.05) is 13.8 Å². The number of nitrogens with one attached hydrogen (secondary N) is 1. The Morgan fingerprint density at radius 1 is 1.64 bits per heavy atom. The summed E-state index contributed by atoms with van der Waals surface area (Å²) >= 11 is 0. The Labute approximate surface area is 66.5 Å². The van der Waals surface area contributed by atoms with Gasteiger partial charge in [-0.3, -0.25) is 5.10 Å². The van der Waals surface area contributed by atoms with Crippen LogP contribution >= 0.6 is 0 Å². The van der Waals surface area contributed by atoms with Crippen molar-refractivity contribution in [2.45, 2.75) is 20.8 Å². The summed E-state index contributed by atoms with van der Waals surface area (Å²) in [5, 5.41) is 6.79. The fourth-order valence-corrected chi connectivity index (χ4v) is 0.695. The molecule has 0 unspecified atom stereocenters. The van der Waals surface area contributed by atoms with Crippen molar-refractivity contribution in [1.29, 1.82) is 0 Å². The third-order valence-electron chi connectivity index (χ3n) is 1.20. The molecular formula is C8H13N3. The van der Waals surface area contributed by atoms with E-state index >= 15 is 0 Å². The topological polar surface area (TPSA) is 41.0 Å². The van der Waals surface area contributed by atoms with Gasteiger partial charge < -0.3 is 0 Å². The van der Waals surface area contributed by atoms with Gasteiger partial charge >= 0.3 is 0 Å². The lowest BCUT2D eigenvalue weighted by Crippen LogP contribution is -1.85. The molecule has 3 nitrogen and oxygen atoms in total. The zero-order valence-corrected chi connectivity index (χ0v) is 7.13. The van der Waals surface area contributed by atoms with Gasteiger partial charge in [0.05, 0.1) is 0 Å². The van der Waals surface area contributed by atoms with Crippen molar-refractivity contribution in [3.05, 3.63) is 11.8 Å². The molecule has 0 saturated heterocycles. The van der Waals surface area contributed by atoms with Crippen LogP contribution in [0.4, 0.5) is 5.82 Å². The van der Waals surface area contributed by atoms with Gasteiger partial charge in [0, 0.05) is 18.0 Å². The molecule has 0 radical (unpaired) electrons. The number of aliphatic imine (C=N–C) groups is 1. The molecule has 0 bridgehead atoms. The lowest BCUT2D eigenvalue weighted by Gasteiger charge is -1.89. The summed E-state index contributed by atoms with van der Waals surface area (Å²) in [6.07, 6.45) is 1.88. The van der Waals surface area contributed by atoms with E-state index in [0.717, 1.165) is 11.5 Å². The first kappa shape index (κ1) is 7.98. The van der Waals surface area contributed by atoms with E-state index in [0.29, 0.717) is 5.92 Å². The molecule has 0 spiro atoms. The number of aryl methyl sites for hydroxylation is 1. The van der Waals surface area contributed by atoms with Crippen molar-refractivity contribution in [1.82, 2.24) is 10.2 Å². The number of aromatic nitrogens is 2. The zero-order valence-electron chi connectivity index (χ0n) is 7.13. The van der Waals surface area contributed by atoms with Gasteiger partial charge in [0.15, 0.2) is 5.82 Å². The molecule has 1 rings (SSSR count). The lowest BCUT2D eigenvalue weighted by molar-refractivity contribution is 0.905. The minimum absolute atomic E-state index is 0.479. The van der Waals surface area contributed by atoms with Crippen molar-refractivity contribution in [3.63, 3.8) is 0 Å². The average molecular weight is 151 g/mol. The molecule has 0 fully saturated rings. The number of nitrogens with zero attached hydrogens (tertiary/aromatic N) is 2. The highest BCUT2D eigenvalue weighted by molar-refractivity contribution is 5.63. The summed E-state index contributed by atoms with van der Waals surface area (Å²) in [6.45, 7) is 6.13. The van der Waals surface area contributed by atoms with Gasteiger partial charge in [-0.2, -0.15) is 5.10 Å². The molecule has 1 N–H and O–H groups in total. The van der Waals surface area contributed by atoms with E-state index in [2.05, 4.69) is 29.0 Å². The molecule has 0 aromatic carbocycles. The number of aromatic amines is 1. The second-order valence-corrected chi connectivity index (χ2v) is 2.93. The second-order valence-electron chi connectivity index (χ2n) is 2.93. The first-order valence-electron chi connectivity index (χ1n) is 3.74. The number of hydrogen-bond donors (Lipinski definition) is 1. The van der Waals surface area contributed by atoms with E-state index in [1.54, 1.807) is 0 Å². The second kappa shape index (κ2) is 3.32. The molecule has 1 aromatic rings. The van der Waals surface area contributed by atoms with E-state index < -0.39 is 0 Å². The Bertz CT molecular complexity index is 248. The average Bonchev–Trinajstić information content (AvgIpc) is 2.31. The molecule has 1 aromatic heterocycles. The zero-order chi connectivity index (χ0) is 8.27. The van der Waals surface area contributed by atoms with Crippen LogP contribution in [0.5, 0.6) is 0 Å². The minimum atomic E-state index is 0.479. The summed E-state index contributed by atoms with van der Waals surface area (Å²) in [4.78, 5) is 4.16. The fraction of sp³-hybridized carbons (Fsp3) is 0.500. The van der Waals surface area contributed by atoms with E-state index in [1.807, 2.05) is 19.2 Å². The van der Waals surface area contributed by atoms with E-state index in [1.165, 1.54) is 0 Å². The van der Waals surface area contributed by atoms with Gasteiger partial charge in [-0.05, 0) is 12.8 Å². The van der Waals surface area contributed by atoms with Crippen LogP contribution in [0.15, 0.2) is 11.1 Å². The van der Waals surface area contributed by atoms with Gasteiger partial charge in [-0.15, -0.1) is 0 Å². The highest BCUT2D eigenvalue weighted by Gasteiger charge is 1.92. The predicted octanol–water partition coefficient (Wildman–Crippen LogP) is 2.08. The highest BCUT2D eigenvalue weighted by Crippen LogP contribution is 2.07. The summed E-state index contributed by atoms with van der Waals surface area (Å²) in [7, 11) is 0. The summed E-state index contributed by atoms with van der Waals surface area (Å²) in [6, 6.07) is 1.92. The van der Waals surface area contributed by atoms with Crippen LogP contribution in [-0.4, -0.2) is 16.4 Å². The maximum atomic E-state index is 4.16. The molecule has 1 heterocycles. The maximum Gasteiger partial charge on any atom is 0.173 e. The predicted molar refractivity (Wildman–Crippen MR) is 46.3 cm³/mol. The molecule has 0 amide bonds. The molecule has 0 atom stereocenters.